The molecular weight excluding hydrogens is 330 g/mol. The number of fused-ring (bicyclic) bond motifs is 1. The first-order valence-electron chi connectivity index (χ1n) is 8.02. The number of hydrogen-bond donors (Lipinski definition) is 2. The minimum Gasteiger partial charge on any atom is -0.320 e. The number of nitrogens with one attached hydrogen (secondary N) is 2. The van der Waals surface area contributed by atoms with Crippen LogP contribution in [0.1, 0.15) is 16.1 Å². The molecule has 0 radical (unpaired) electrons. The second-order valence-corrected chi connectivity index (χ2v) is 5.85. The first-order chi connectivity index (χ1) is 12.6. The van der Waals surface area contributed by atoms with Crippen molar-refractivity contribution in [1.82, 2.24) is 19.6 Å². The molecule has 0 aliphatic carbocycles. The van der Waals surface area contributed by atoms with Gasteiger partial charge in [-0.05, 0) is 30.7 Å². The zero-order valence-corrected chi connectivity index (χ0v) is 13.9. The molecule has 4 rings (SSSR count). The number of anilines is 1. The molecule has 0 aliphatic rings. The molecule has 0 fully saturated rings. The predicted molar refractivity (Wildman–Crippen MR) is 98.2 cm³/mol. The van der Waals surface area contributed by atoms with E-state index in [0.29, 0.717) is 5.69 Å². The quantitative estimate of drug-likeness (QED) is 0.597. The first kappa shape index (κ1) is 15.8. The number of imidazole rings is 1. The van der Waals surface area contributed by atoms with E-state index in [1.54, 1.807) is 6.07 Å². The van der Waals surface area contributed by atoms with Gasteiger partial charge in [-0.25, -0.2) is 10.1 Å². The lowest BCUT2D eigenvalue weighted by molar-refractivity contribution is 0.102. The Labute approximate surface area is 148 Å². The molecule has 0 atom stereocenters. The molecule has 0 spiro atoms. The molecule has 1 aromatic carbocycles. The second-order valence-electron chi connectivity index (χ2n) is 5.85. The molecule has 26 heavy (non-hydrogen) atoms. The third-order valence-corrected chi connectivity index (χ3v) is 4.04. The van der Waals surface area contributed by atoms with Gasteiger partial charge in [0.05, 0.1) is 11.4 Å². The summed E-state index contributed by atoms with van der Waals surface area (Å²) >= 11 is 0. The standard InChI is InChI=1S/C19H15N5O2/c1-12-5-4-10-24-11-16(20-18(12)24)13-6-2-3-7-14(13)21-19(26)15-8-9-17(25)23-22-15/h2-11H,1H3,(H,21,26)(H,23,25). The van der Waals surface area contributed by atoms with Crippen LogP contribution in [0.5, 0.6) is 0 Å². The molecule has 7 heteroatoms. The minimum atomic E-state index is -0.409. The summed E-state index contributed by atoms with van der Waals surface area (Å²) in [6.45, 7) is 2.00. The van der Waals surface area contributed by atoms with E-state index >= 15 is 0 Å². The van der Waals surface area contributed by atoms with E-state index in [-0.39, 0.29) is 11.3 Å². The lowest BCUT2D eigenvalue weighted by Crippen LogP contribution is -2.17. The van der Waals surface area contributed by atoms with E-state index in [1.807, 2.05) is 54.0 Å². The number of amides is 1. The third kappa shape index (κ3) is 2.86. The molecule has 0 aliphatic heterocycles. The number of carbonyl (C=O) groups excluding carboxylic acids is 1. The molecule has 3 heterocycles. The lowest BCUT2D eigenvalue weighted by atomic mass is 10.1. The number of H-pyrrole nitrogens is 1. The molecule has 128 valence electrons. The van der Waals surface area contributed by atoms with E-state index in [4.69, 9.17) is 0 Å². The van der Waals surface area contributed by atoms with Crippen LogP contribution in [-0.4, -0.2) is 25.5 Å². The zero-order chi connectivity index (χ0) is 18.1. The summed E-state index contributed by atoms with van der Waals surface area (Å²) in [5.41, 5.74) is 3.88. The van der Waals surface area contributed by atoms with Crippen LogP contribution >= 0.6 is 0 Å². The van der Waals surface area contributed by atoms with Gasteiger partial charge in [-0.2, -0.15) is 5.10 Å². The van der Waals surface area contributed by atoms with Gasteiger partial charge < -0.3 is 9.72 Å². The summed E-state index contributed by atoms with van der Waals surface area (Å²) in [5, 5.41) is 8.84. The molecule has 0 unspecified atom stereocenters. The average molecular weight is 345 g/mol. The van der Waals surface area contributed by atoms with Gasteiger partial charge in [0.2, 0.25) is 0 Å². The van der Waals surface area contributed by atoms with Gasteiger partial charge in [0.25, 0.3) is 11.5 Å². The summed E-state index contributed by atoms with van der Waals surface area (Å²) in [5.74, 6) is -0.409. The van der Waals surface area contributed by atoms with Crippen LogP contribution in [0.2, 0.25) is 0 Å². The van der Waals surface area contributed by atoms with Crippen molar-refractivity contribution >= 4 is 17.2 Å². The van der Waals surface area contributed by atoms with Gasteiger partial charge in [-0.1, -0.05) is 24.3 Å². The maximum Gasteiger partial charge on any atom is 0.276 e. The Morgan fingerprint density at radius 3 is 2.73 bits per heavy atom. The minimum absolute atomic E-state index is 0.130. The predicted octanol–water partition coefficient (Wildman–Crippen LogP) is 2.65. The van der Waals surface area contributed by atoms with E-state index < -0.39 is 5.91 Å². The summed E-state index contributed by atoms with van der Waals surface area (Å²) in [6, 6.07) is 14.0. The molecule has 0 saturated heterocycles. The normalized spacial score (nSPS) is 10.8. The summed E-state index contributed by atoms with van der Waals surface area (Å²) in [6.07, 6.45) is 3.86. The number of hydrogen-bond acceptors (Lipinski definition) is 4. The van der Waals surface area contributed by atoms with Crippen LogP contribution in [-0.2, 0) is 0 Å². The van der Waals surface area contributed by atoms with Crippen molar-refractivity contribution in [3.8, 4) is 11.3 Å². The van der Waals surface area contributed by atoms with Crippen molar-refractivity contribution in [1.29, 1.82) is 0 Å². The SMILES string of the molecule is Cc1cccn2cc(-c3ccccc3NC(=O)c3ccc(=O)[nH]n3)nc12. The van der Waals surface area contributed by atoms with Crippen molar-refractivity contribution in [3.05, 3.63) is 82.5 Å². The fourth-order valence-electron chi connectivity index (χ4n) is 2.76. The summed E-state index contributed by atoms with van der Waals surface area (Å²) in [4.78, 5) is 28.2. The Balaban J connectivity index is 1.72. The molecule has 4 aromatic rings. The van der Waals surface area contributed by atoms with Crippen molar-refractivity contribution in [3.63, 3.8) is 0 Å². The maximum atomic E-state index is 12.4. The number of aromatic amines is 1. The number of para-hydroxylation sites is 1. The first-order valence-corrected chi connectivity index (χ1v) is 8.02. The van der Waals surface area contributed by atoms with Crippen LogP contribution in [0.25, 0.3) is 16.9 Å². The Morgan fingerprint density at radius 1 is 1.12 bits per heavy atom. The van der Waals surface area contributed by atoms with Gasteiger partial charge >= 0.3 is 0 Å². The summed E-state index contributed by atoms with van der Waals surface area (Å²) in [7, 11) is 0. The smallest absolute Gasteiger partial charge is 0.276 e. The van der Waals surface area contributed by atoms with Crippen molar-refractivity contribution < 1.29 is 4.79 Å². The van der Waals surface area contributed by atoms with Crippen LogP contribution < -0.4 is 10.9 Å². The van der Waals surface area contributed by atoms with Crippen LogP contribution in [0.15, 0.2) is 65.7 Å². The second kappa shape index (κ2) is 6.29. The molecule has 2 N–H and O–H groups in total. The zero-order valence-electron chi connectivity index (χ0n) is 13.9. The Hall–Kier alpha value is -3.74. The summed E-state index contributed by atoms with van der Waals surface area (Å²) < 4.78 is 1.95. The molecule has 3 aromatic heterocycles. The average Bonchev–Trinajstić information content (AvgIpc) is 3.08. The number of carbonyl (C=O) groups is 1. The number of benzene rings is 1. The van der Waals surface area contributed by atoms with E-state index in [1.165, 1.54) is 12.1 Å². The van der Waals surface area contributed by atoms with Crippen molar-refractivity contribution in [2.45, 2.75) is 6.92 Å². The molecule has 1 amide bonds. The topological polar surface area (TPSA) is 92.2 Å². The third-order valence-electron chi connectivity index (χ3n) is 4.04. The van der Waals surface area contributed by atoms with Crippen molar-refractivity contribution in [2.75, 3.05) is 5.32 Å². The lowest BCUT2D eigenvalue weighted by Gasteiger charge is -2.08. The maximum absolute atomic E-state index is 12.4. The number of nitrogens with zero attached hydrogens (tertiary/aromatic N) is 3. The van der Waals surface area contributed by atoms with Gasteiger partial charge in [0, 0.05) is 24.0 Å². The van der Waals surface area contributed by atoms with Crippen molar-refractivity contribution in [2.24, 2.45) is 0 Å². The number of aromatic nitrogens is 4. The molecule has 0 bridgehead atoms. The Kier molecular flexibility index (Phi) is 3.81. The number of rotatable bonds is 3. The van der Waals surface area contributed by atoms with Gasteiger partial charge in [-0.3, -0.25) is 9.59 Å². The van der Waals surface area contributed by atoms with Crippen LogP contribution in [0.4, 0.5) is 5.69 Å². The van der Waals surface area contributed by atoms with Gasteiger partial charge in [0.15, 0.2) is 0 Å². The highest BCUT2D eigenvalue weighted by molar-refractivity contribution is 6.04. The van der Waals surface area contributed by atoms with E-state index in [2.05, 4.69) is 20.5 Å². The molecule has 7 nitrogen and oxygen atoms in total. The van der Waals surface area contributed by atoms with Crippen LogP contribution in [0, 0.1) is 6.92 Å². The highest BCUT2D eigenvalue weighted by atomic mass is 16.2. The van der Waals surface area contributed by atoms with E-state index in [9.17, 15) is 9.59 Å². The largest absolute Gasteiger partial charge is 0.320 e. The van der Waals surface area contributed by atoms with Gasteiger partial charge in [0.1, 0.15) is 11.3 Å². The monoisotopic (exact) mass is 345 g/mol. The Bertz CT molecular complexity index is 1160. The highest BCUT2D eigenvalue weighted by Gasteiger charge is 2.14. The number of pyridine rings is 1. The van der Waals surface area contributed by atoms with E-state index in [0.717, 1.165) is 22.5 Å². The fraction of sp³-hybridized carbons (Fsp3) is 0.0526. The van der Waals surface area contributed by atoms with Gasteiger partial charge in [-0.15, -0.1) is 0 Å². The fourth-order valence-corrected chi connectivity index (χ4v) is 2.76. The molecular formula is C19H15N5O2. The number of aryl methyl sites for hydroxylation is 1. The van der Waals surface area contributed by atoms with Crippen LogP contribution in [0.3, 0.4) is 0 Å². The molecule has 0 saturated carbocycles. The Morgan fingerprint density at radius 2 is 1.96 bits per heavy atom. The highest BCUT2D eigenvalue weighted by Crippen LogP contribution is 2.28.